The molecule has 0 spiro atoms. The van der Waals surface area contributed by atoms with Crippen molar-refractivity contribution in [1.82, 2.24) is 0 Å². The van der Waals surface area contributed by atoms with Crippen molar-refractivity contribution in [2.45, 2.75) is 0 Å². The van der Waals surface area contributed by atoms with Crippen molar-refractivity contribution in [2.75, 3.05) is 6.54 Å². The maximum absolute atomic E-state index is 9.95. The molecule has 0 aliphatic rings. The van der Waals surface area contributed by atoms with Gasteiger partial charge in [0.2, 0.25) is 0 Å². The lowest BCUT2D eigenvalue weighted by molar-refractivity contribution is -0.469. The van der Waals surface area contributed by atoms with Crippen molar-refractivity contribution < 1.29 is 12.8 Å². The van der Waals surface area contributed by atoms with E-state index in [4.69, 9.17) is 0 Å². The third-order valence-corrected chi connectivity index (χ3v) is 0.835. The summed E-state index contributed by atoms with van der Waals surface area (Å²) in [6.45, 7) is -0.761. The van der Waals surface area contributed by atoms with Crippen molar-refractivity contribution in [2.24, 2.45) is 0 Å². The van der Waals surface area contributed by atoms with Crippen molar-refractivity contribution >= 4 is 29.0 Å². The molecule has 0 aliphatic heterocycles. The van der Waals surface area contributed by atoms with Crippen LogP contribution in [0.5, 0.6) is 0 Å². The number of carbonyl (C=O) groups is 1. The largest absolute Gasteiger partial charge is 0.390 e. The Kier molecular flexibility index (Phi) is 3.40. The fourth-order valence-corrected chi connectivity index (χ4v) is 0.269. The molecule has 0 aromatic carbocycles. The predicted octanol–water partition coefficient (Wildman–Crippen LogP) is 0.156. The number of carbonyl (C=O) groups excluding carboxylic acids is 1. The Balaban J connectivity index is 3.40. The van der Waals surface area contributed by atoms with E-state index in [2.05, 4.69) is 3.07 Å². The van der Waals surface area contributed by atoms with Crippen LogP contribution in [0.3, 0.4) is 0 Å². The maximum Gasteiger partial charge on any atom is 0.387 e. The van der Waals surface area contributed by atoms with Gasteiger partial charge in [0.1, 0.15) is 0 Å². The van der Waals surface area contributed by atoms with Gasteiger partial charge < -0.3 is 3.07 Å². The number of hydrogen-bond acceptors (Lipinski definition) is 4. The SMILES string of the molecule is O=C(C[N+](=O)[O-])OI. The first-order valence-corrected chi connectivity index (χ1v) is 2.48. The number of halogens is 1. The fourth-order valence-electron chi connectivity index (χ4n) is 0.130. The second-order valence-corrected chi connectivity index (χ2v) is 1.38. The molecule has 0 radical (unpaired) electrons. The first kappa shape index (κ1) is 7.60. The Morgan fingerprint density at radius 2 is 2.38 bits per heavy atom. The first-order chi connectivity index (χ1) is 3.66. The van der Waals surface area contributed by atoms with E-state index in [1.807, 2.05) is 0 Å². The minimum absolute atomic E-state index is 0.749. The van der Waals surface area contributed by atoms with E-state index in [0.29, 0.717) is 0 Å². The Hall–Kier alpha value is -0.400. The molecule has 0 heterocycles. The van der Waals surface area contributed by atoms with Crippen LogP contribution in [0.1, 0.15) is 0 Å². The highest BCUT2D eigenvalue weighted by Crippen LogP contribution is 1.86. The zero-order valence-electron chi connectivity index (χ0n) is 3.67. The summed E-state index contributed by atoms with van der Waals surface area (Å²) >= 11 is 1.29. The van der Waals surface area contributed by atoms with Crippen LogP contribution in [0, 0.1) is 10.1 Å². The summed E-state index contributed by atoms with van der Waals surface area (Å²) in [7, 11) is 0. The van der Waals surface area contributed by atoms with Crippen molar-refractivity contribution in [3.8, 4) is 0 Å². The van der Waals surface area contributed by atoms with Crippen LogP contribution in [0.25, 0.3) is 0 Å². The summed E-state index contributed by atoms with van der Waals surface area (Å²) in [6.07, 6.45) is 0. The third-order valence-electron chi connectivity index (χ3n) is 0.344. The summed E-state index contributed by atoms with van der Waals surface area (Å²) in [5, 5.41) is 9.47. The van der Waals surface area contributed by atoms with E-state index >= 15 is 0 Å². The van der Waals surface area contributed by atoms with E-state index in [-0.39, 0.29) is 0 Å². The van der Waals surface area contributed by atoms with Gasteiger partial charge in [0.25, 0.3) is 6.54 Å². The highest BCUT2D eigenvalue weighted by atomic mass is 127. The summed E-state index contributed by atoms with van der Waals surface area (Å²) < 4.78 is 3.95. The van der Waals surface area contributed by atoms with Gasteiger partial charge in [-0.2, -0.15) is 0 Å². The van der Waals surface area contributed by atoms with Gasteiger partial charge in [0.05, 0.1) is 0 Å². The molecular formula is C2H2INO4. The number of hydrogen-bond donors (Lipinski definition) is 0. The van der Waals surface area contributed by atoms with Crippen molar-refractivity contribution in [1.29, 1.82) is 0 Å². The number of rotatable bonds is 2. The molecule has 6 heteroatoms. The molecule has 0 unspecified atom stereocenters. The second-order valence-electron chi connectivity index (χ2n) is 0.940. The minimum Gasteiger partial charge on any atom is -0.390 e. The summed E-state index contributed by atoms with van der Waals surface area (Å²) in [5.74, 6) is -0.837. The smallest absolute Gasteiger partial charge is 0.387 e. The fraction of sp³-hybridized carbons (Fsp3) is 0.500. The van der Waals surface area contributed by atoms with Crippen LogP contribution in [0.2, 0.25) is 0 Å². The van der Waals surface area contributed by atoms with Gasteiger partial charge in [-0.25, -0.2) is 4.79 Å². The molecular weight excluding hydrogens is 229 g/mol. The second kappa shape index (κ2) is 3.58. The van der Waals surface area contributed by atoms with Crippen LogP contribution < -0.4 is 0 Å². The van der Waals surface area contributed by atoms with Crippen LogP contribution in [0.4, 0.5) is 0 Å². The molecule has 0 aromatic rings. The Morgan fingerprint density at radius 1 is 1.88 bits per heavy atom. The van der Waals surface area contributed by atoms with Gasteiger partial charge in [-0.3, -0.25) is 10.1 Å². The third kappa shape index (κ3) is 3.78. The standard InChI is InChI=1S/C2H2INO4/c3-8-2(5)1-4(6)7/h1H2. The molecule has 0 aliphatic carbocycles. The molecule has 0 bridgehead atoms. The first-order valence-electron chi connectivity index (χ1n) is 1.60. The Bertz CT molecular complexity index is 113. The molecule has 46 valence electrons. The quantitative estimate of drug-likeness (QED) is 0.385. The lowest BCUT2D eigenvalue weighted by atomic mass is 10.7. The number of nitro groups is 1. The predicted molar refractivity (Wildman–Crippen MR) is 32.0 cm³/mol. The van der Waals surface area contributed by atoms with Crippen LogP contribution in [0.15, 0.2) is 0 Å². The summed E-state index contributed by atoms with van der Waals surface area (Å²) in [6, 6.07) is 0. The molecule has 0 atom stereocenters. The lowest BCUT2D eigenvalue weighted by Gasteiger charge is -1.85. The molecule has 0 saturated carbocycles. The normalized spacial score (nSPS) is 8.12. The topological polar surface area (TPSA) is 69.4 Å². The number of nitrogens with zero attached hydrogens (tertiary/aromatic N) is 1. The molecule has 0 rings (SSSR count). The lowest BCUT2D eigenvalue weighted by Crippen LogP contribution is -2.12. The van der Waals surface area contributed by atoms with Gasteiger partial charge in [-0.15, -0.1) is 0 Å². The van der Waals surface area contributed by atoms with E-state index < -0.39 is 17.4 Å². The molecule has 0 aromatic heterocycles. The molecule has 8 heavy (non-hydrogen) atoms. The molecule has 0 N–H and O–H groups in total. The van der Waals surface area contributed by atoms with Crippen LogP contribution >= 0.6 is 23.0 Å². The average molecular weight is 231 g/mol. The highest BCUT2D eigenvalue weighted by Gasteiger charge is 2.07. The zero-order chi connectivity index (χ0) is 6.57. The minimum atomic E-state index is -0.837. The average Bonchev–Trinajstić information content (AvgIpc) is 1.65. The van der Waals surface area contributed by atoms with E-state index in [9.17, 15) is 14.9 Å². The van der Waals surface area contributed by atoms with Crippen molar-refractivity contribution in [3.05, 3.63) is 10.1 Å². The monoisotopic (exact) mass is 231 g/mol. The molecule has 0 fully saturated rings. The van der Waals surface area contributed by atoms with Gasteiger partial charge >= 0.3 is 5.97 Å². The molecule has 0 amide bonds. The molecule has 5 nitrogen and oxygen atoms in total. The van der Waals surface area contributed by atoms with E-state index in [1.54, 1.807) is 0 Å². The highest BCUT2D eigenvalue weighted by molar-refractivity contribution is 14.1. The van der Waals surface area contributed by atoms with Crippen molar-refractivity contribution in [3.63, 3.8) is 0 Å². The van der Waals surface area contributed by atoms with Gasteiger partial charge in [-0.05, 0) is 0 Å². The van der Waals surface area contributed by atoms with Gasteiger partial charge in [0, 0.05) is 4.92 Å². The Labute approximate surface area is 58.8 Å². The van der Waals surface area contributed by atoms with Crippen LogP contribution in [-0.4, -0.2) is 17.4 Å². The van der Waals surface area contributed by atoms with Gasteiger partial charge in [0.15, 0.2) is 23.0 Å². The summed E-state index contributed by atoms with van der Waals surface area (Å²) in [4.78, 5) is 18.7. The van der Waals surface area contributed by atoms with Crippen LogP contribution in [-0.2, 0) is 7.86 Å². The van der Waals surface area contributed by atoms with Gasteiger partial charge in [-0.1, -0.05) is 0 Å². The molecule has 0 saturated heterocycles. The summed E-state index contributed by atoms with van der Waals surface area (Å²) in [5.41, 5.74) is 0. The zero-order valence-corrected chi connectivity index (χ0v) is 5.82. The maximum atomic E-state index is 9.95. The van der Waals surface area contributed by atoms with E-state index in [1.165, 1.54) is 23.0 Å². The Morgan fingerprint density at radius 3 is 2.50 bits per heavy atom. The van der Waals surface area contributed by atoms with E-state index in [0.717, 1.165) is 0 Å².